The lowest BCUT2D eigenvalue weighted by molar-refractivity contribution is -0.116. The molecule has 0 aliphatic carbocycles. The first-order valence-corrected chi connectivity index (χ1v) is 11.2. The van der Waals surface area contributed by atoms with Crippen LogP contribution in [0.5, 0.6) is 0 Å². The molecule has 0 fully saturated rings. The lowest BCUT2D eigenvalue weighted by Gasteiger charge is -2.22. The summed E-state index contributed by atoms with van der Waals surface area (Å²) < 4.78 is 2.01. The molecular formula is C25H24N4OS. The van der Waals surface area contributed by atoms with E-state index in [4.69, 9.17) is 0 Å². The molecule has 156 valence electrons. The fourth-order valence-corrected chi connectivity index (χ4v) is 4.33. The van der Waals surface area contributed by atoms with Crippen molar-refractivity contribution in [2.24, 2.45) is 0 Å². The van der Waals surface area contributed by atoms with Crippen molar-refractivity contribution in [1.82, 2.24) is 14.8 Å². The molecule has 3 aromatic carbocycles. The highest BCUT2D eigenvalue weighted by molar-refractivity contribution is 7.99. The van der Waals surface area contributed by atoms with Gasteiger partial charge in [0.2, 0.25) is 5.91 Å². The molecule has 1 aromatic heterocycles. The Hall–Kier alpha value is -3.38. The number of anilines is 1. The summed E-state index contributed by atoms with van der Waals surface area (Å²) in [6, 6.07) is 27.9. The molecule has 4 rings (SSSR count). The van der Waals surface area contributed by atoms with E-state index in [1.54, 1.807) is 0 Å². The minimum absolute atomic E-state index is 0.0469. The van der Waals surface area contributed by atoms with Crippen LogP contribution >= 0.6 is 11.8 Å². The minimum Gasteiger partial charge on any atom is -0.312 e. The maximum Gasteiger partial charge on any atom is 0.237 e. The average molecular weight is 429 g/mol. The van der Waals surface area contributed by atoms with Gasteiger partial charge in [-0.15, -0.1) is 10.2 Å². The predicted octanol–water partition coefficient (Wildman–Crippen LogP) is 5.39. The summed E-state index contributed by atoms with van der Waals surface area (Å²) in [6.07, 6.45) is 0. The van der Waals surface area contributed by atoms with Gasteiger partial charge in [-0.3, -0.25) is 9.36 Å². The first-order chi connectivity index (χ1) is 15.2. The summed E-state index contributed by atoms with van der Waals surface area (Å²) in [5, 5.41) is 9.56. The number of benzene rings is 3. The third-order valence-corrected chi connectivity index (χ3v) is 5.94. The molecule has 0 spiro atoms. The van der Waals surface area contributed by atoms with E-state index in [0.717, 1.165) is 28.3 Å². The van der Waals surface area contributed by atoms with Crippen LogP contribution in [0.2, 0.25) is 0 Å². The van der Waals surface area contributed by atoms with Crippen molar-refractivity contribution < 1.29 is 4.79 Å². The lowest BCUT2D eigenvalue weighted by Crippen LogP contribution is -2.32. The fourth-order valence-electron chi connectivity index (χ4n) is 3.50. The monoisotopic (exact) mass is 428 g/mol. The maximum atomic E-state index is 13.1. The Labute approximate surface area is 186 Å². The van der Waals surface area contributed by atoms with Crippen LogP contribution in [0.3, 0.4) is 0 Å². The summed E-state index contributed by atoms with van der Waals surface area (Å²) in [5.74, 6) is 1.08. The molecule has 0 saturated heterocycles. The van der Waals surface area contributed by atoms with Crippen molar-refractivity contribution in [2.45, 2.75) is 19.0 Å². The van der Waals surface area contributed by atoms with E-state index >= 15 is 0 Å². The molecule has 0 saturated carbocycles. The lowest BCUT2D eigenvalue weighted by atomic mass is 10.2. The Balaban J connectivity index is 1.62. The molecule has 0 N–H and O–H groups in total. The average Bonchev–Trinajstić information content (AvgIpc) is 3.24. The molecule has 0 bridgehead atoms. The van der Waals surface area contributed by atoms with Gasteiger partial charge >= 0.3 is 0 Å². The van der Waals surface area contributed by atoms with Gasteiger partial charge in [0.05, 0.1) is 5.75 Å². The smallest absolute Gasteiger partial charge is 0.237 e. The number of carbonyl (C=O) groups excluding carboxylic acids is 1. The second kappa shape index (κ2) is 9.62. The van der Waals surface area contributed by atoms with Crippen molar-refractivity contribution >= 4 is 23.4 Å². The highest BCUT2D eigenvalue weighted by Crippen LogP contribution is 2.28. The first kappa shape index (κ1) is 20.9. The normalized spacial score (nSPS) is 10.8. The number of para-hydroxylation sites is 2. The van der Waals surface area contributed by atoms with Gasteiger partial charge in [-0.1, -0.05) is 78.5 Å². The highest BCUT2D eigenvalue weighted by Gasteiger charge is 2.20. The summed E-state index contributed by atoms with van der Waals surface area (Å²) in [6.45, 7) is 4.64. The third kappa shape index (κ3) is 4.54. The molecule has 0 aliphatic rings. The maximum absolute atomic E-state index is 13.1. The molecule has 0 atom stereocenters. The number of aromatic nitrogens is 3. The number of thioether (sulfide) groups is 1. The first-order valence-electron chi connectivity index (χ1n) is 10.2. The molecule has 31 heavy (non-hydrogen) atoms. The van der Waals surface area contributed by atoms with Gasteiger partial charge in [0.15, 0.2) is 11.0 Å². The van der Waals surface area contributed by atoms with E-state index in [9.17, 15) is 4.79 Å². The SMILES string of the molecule is CCN(C(=O)CSc1nnc(-c2ccccc2)n1-c1ccccc1)c1ccccc1C. The van der Waals surface area contributed by atoms with Gasteiger partial charge in [0.1, 0.15) is 0 Å². The zero-order valence-electron chi connectivity index (χ0n) is 17.6. The van der Waals surface area contributed by atoms with E-state index in [0.29, 0.717) is 11.7 Å². The van der Waals surface area contributed by atoms with Crippen LogP contribution in [0, 0.1) is 6.92 Å². The number of hydrogen-bond donors (Lipinski definition) is 0. The fraction of sp³-hybridized carbons (Fsp3) is 0.160. The van der Waals surface area contributed by atoms with Crippen molar-refractivity contribution in [2.75, 3.05) is 17.2 Å². The molecule has 6 heteroatoms. The van der Waals surface area contributed by atoms with Crippen molar-refractivity contribution in [3.8, 4) is 17.1 Å². The molecular weight excluding hydrogens is 404 g/mol. The zero-order chi connectivity index (χ0) is 21.6. The third-order valence-electron chi connectivity index (χ3n) is 5.03. The molecule has 0 aliphatic heterocycles. The van der Waals surface area contributed by atoms with Gasteiger partial charge < -0.3 is 4.90 Å². The van der Waals surface area contributed by atoms with Crippen molar-refractivity contribution in [3.05, 3.63) is 90.5 Å². The standard InChI is InChI=1S/C25H24N4OS/c1-3-28(22-17-11-10-12-19(22)2)23(30)18-31-25-27-26-24(20-13-6-4-7-14-20)29(25)21-15-8-5-9-16-21/h4-17H,3,18H2,1-2H3. The Morgan fingerprint density at radius 1 is 0.903 bits per heavy atom. The second-order valence-corrected chi connectivity index (χ2v) is 8.00. The Morgan fingerprint density at radius 2 is 1.55 bits per heavy atom. The van der Waals surface area contributed by atoms with E-state index < -0.39 is 0 Å². The molecule has 4 aromatic rings. The summed E-state index contributed by atoms with van der Waals surface area (Å²) in [7, 11) is 0. The Kier molecular flexibility index (Phi) is 6.48. The highest BCUT2D eigenvalue weighted by atomic mass is 32.2. The Morgan fingerprint density at radius 3 is 2.23 bits per heavy atom. The topological polar surface area (TPSA) is 51.0 Å². The van der Waals surface area contributed by atoms with Gasteiger partial charge in [-0.2, -0.15) is 0 Å². The molecule has 1 amide bonds. The number of rotatable bonds is 7. The van der Waals surface area contributed by atoms with Crippen molar-refractivity contribution in [3.63, 3.8) is 0 Å². The largest absolute Gasteiger partial charge is 0.312 e. The summed E-state index contributed by atoms with van der Waals surface area (Å²) in [5.41, 5.74) is 3.98. The van der Waals surface area contributed by atoms with Crippen LogP contribution in [0.4, 0.5) is 5.69 Å². The van der Waals surface area contributed by atoms with Gasteiger partial charge in [-0.25, -0.2) is 0 Å². The predicted molar refractivity (Wildman–Crippen MR) is 127 cm³/mol. The number of aryl methyl sites for hydroxylation is 1. The van der Waals surface area contributed by atoms with Crippen LogP contribution < -0.4 is 4.90 Å². The van der Waals surface area contributed by atoms with Gasteiger partial charge in [-0.05, 0) is 37.6 Å². The van der Waals surface area contributed by atoms with Crippen LogP contribution in [-0.4, -0.2) is 33.0 Å². The molecule has 5 nitrogen and oxygen atoms in total. The number of carbonyl (C=O) groups is 1. The van der Waals surface area contributed by atoms with E-state index in [2.05, 4.69) is 10.2 Å². The van der Waals surface area contributed by atoms with E-state index in [-0.39, 0.29) is 11.7 Å². The van der Waals surface area contributed by atoms with E-state index in [1.165, 1.54) is 11.8 Å². The zero-order valence-corrected chi connectivity index (χ0v) is 18.4. The van der Waals surface area contributed by atoms with Crippen LogP contribution in [0.1, 0.15) is 12.5 Å². The molecule has 0 radical (unpaired) electrons. The van der Waals surface area contributed by atoms with Gasteiger partial charge in [0, 0.05) is 23.5 Å². The van der Waals surface area contributed by atoms with Crippen molar-refractivity contribution in [1.29, 1.82) is 0 Å². The summed E-state index contributed by atoms with van der Waals surface area (Å²) in [4.78, 5) is 14.9. The number of amides is 1. The van der Waals surface area contributed by atoms with Crippen LogP contribution in [0.15, 0.2) is 90.1 Å². The quantitative estimate of drug-likeness (QED) is 0.371. The van der Waals surface area contributed by atoms with Crippen LogP contribution in [0.25, 0.3) is 17.1 Å². The minimum atomic E-state index is 0.0469. The number of hydrogen-bond acceptors (Lipinski definition) is 4. The second-order valence-electron chi connectivity index (χ2n) is 7.06. The molecule has 1 heterocycles. The van der Waals surface area contributed by atoms with Gasteiger partial charge in [0.25, 0.3) is 0 Å². The number of nitrogens with zero attached hydrogens (tertiary/aromatic N) is 4. The van der Waals surface area contributed by atoms with E-state index in [1.807, 2.05) is 108 Å². The van der Waals surface area contributed by atoms with Crippen LogP contribution in [-0.2, 0) is 4.79 Å². The summed E-state index contributed by atoms with van der Waals surface area (Å²) >= 11 is 1.41. The Bertz CT molecular complexity index is 1160. The molecule has 0 unspecified atom stereocenters.